The van der Waals surface area contributed by atoms with Gasteiger partial charge < -0.3 is 20.3 Å². The standard InChI is InChI=1S/C18H29N3O2.2ClH/c1-4-21(5-2)10-11-23-17-9-7-6-8-16(17)20-18(22)14(3)15-12-19-13-15;;/h6-9,14-15,19H,4-5,10-13H2,1-3H3,(H,20,22);2*1H. The van der Waals surface area contributed by atoms with Crippen molar-refractivity contribution in [2.24, 2.45) is 11.8 Å². The van der Waals surface area contributed by atoms with Crippen molar-refractivity contribution in [1.82, 2.24) is 10.2 Å². The normalized spacial score (nSPS) is 14.7. The summed E-state index contributed by atoms with van der Waals surface area (Å²) in [6.07, 6.45) is 0. The third-order valence-electron chi connectivity index (χ3n) is 4.64. The van der Waals surface area contributed by atoms with E-state index in [1.54, 1.807) is 0 Å². The van der Waals surface area contributed by atoms with E-state index >= 15 is 0 Å². The number of benzene rings is 1. The van der Waals surface area contributed by atoms with Crippen LogP contribution in [0.4, 0.5) is 5.69 Å². The molecule has 1 fully saturated rings. The maximum Gasteiger partial charge on any atom is 0.227 e. The van der Waals surface area contributed by atoms with Crippen LogP contribution in [0.1, 0.15) is 20.8 Å². The summed E-state index contributed by atoms with van der Waals surface area (Å²) in [6.45, 7) is 11.7. The average Bonchev–Trinajstić information content (AvgIpc) is 2.51. The minimum absolute atomic E-state index is 0. The number of amides is 1. The average molecular weight is 392 g/mol. The van der Waals surface area contributed by atoms with Gasteiger partial charge in [0, 0.05) is 12.5 Å². The smallest absolute Gasteiger partial charge is 0.227 e. The van der Waals surface area contributed by atoms with Gasteiger partial charge in [0.1, 0.15) is 12.4 Å². The van der Waals surface area contributed by atoms with Gasteiger partial charge in [-0.3, -0.25) is 4.79 Å². The number of likely N-dealkylation sites (N-methyl/N-ethyl adjacent to an activating group) is 1. The van der Waals surface area contributed by atoms with Gasteiger partial charge in [-0.15, -0.1) is 24.8 Å². The first-order valence-corrected chi connectivity index (χ1v) is 8.61. The van der Waals surface area contributed by atoms with Gasteiger partial charge in [-0.25, -0.2) is 0 Å². The van der Waals surface area contributed by atoms with E-state index < -0.39 is 0 Å². The van der Waals surface area contributed by atoms with Gasteiger partial charge in [0.25, 0.3) is 0 Å². The first-order chi connectivity index (χ1) is 11.2. The molecule has 0 saturated carbocycles. The van der Waals surface area contributed by atoms with Crippen molar-refractivity contribution in [1.29, 1.82) is 0 Å². The van der Waals surface area contributed by atoms with E-state index in [2.05, 4.69) is 29.4 Å². The van der Waals surface area contributed by atoms with Gasteiger partial charge in [-0.05, 0) is 44.2 Å². The molecule has 1 amide bonds. The second-order valence-electron chi connectivity index (χ2n) is 6.07. The molecule has 0 aliphatic carbocycles. The van der Waals surface area contributed by atoms with Crippen LogP contribution in [0.5, 0.6) is 5.75 Å². The zero-order valence-corrected chi connectivity index (χ0v) is 16.9. The fourth-order valence-electron chi connectivity index (χ4n) is 2.65. The molecule has 2 N–H and O–H groups in total. The zero-order chi connectivity index (χ0) is 16.7. The summed E-state index contributed by atoms with van der Waals surface area (Å²) >= 11 is 0. The van der Waals surface area contributed by atoms with Crippen molar-refractivity contribution in [3.63, 3.8) is 0 Å². The van der Waals surface area contributed by atoms with E-state index in [0.29, 0.717) is 12.5 Å². The number of carbonyl (C=O) groups is 1. The van der Waals surface area contributed by atoms with Crippen LogP contribution in [0.25, 0.3) is 0 Å². The van der Waals surface area contributed by atoms with Gasteiger partial charge in [0.2, 0.25) is 5.91 Å². The van der Waals surface area contributed by atoms with Crippen LogP contribution in [0, 0.1) is 11.8 Å². The summed E-state index contributed by atoms with van der Waals surface area (Å²) in [5, 5.41) is 6.23. The van der Waals surface area contributed by atoms with E-state index in [9.17, 15) is 4.79 Å². The van der Waals surface area contributed by atoms with Gasteiger partial charge >= 0.3 is 0 Å². The molecule has 1 aliphatic heterocycles. The molecule has 1 unspecified atom stereocenters. The van der Waals surface area contributed by atoms with Crippen molar-refractivity contribution in [2.75, 3.05) is 44.6 Å². The van der Waals surface area contributed by atoms with E-state index in [0.717, 1.165) is 44.2 Å². The minimum Gasteiger partial charge on any atom is -0.490 e. The third kappa shape index (κ3) is 7.02. The number of rotatable bonds is 9. The number of hydrogen-bond donors (Lipinski definition) is 2. The van der Waals surface area contributed by atoms with Crippen LogP contribution in [0.3, 0.4) is 0 Å². The molecule has 1 aromatic rings. The molecule has 5 nitrogen and oxygen atoms in total. The van der Waals surface area contributed by atoms with Crippen LogP contribution in [0.2, 0.25) is 0 Å². The number of para-hydroxylation sites is 2. The molecule has 1 aromatic carbocycles. The molecule has 0 bridgehead atoms. The Balaban J connectivity index is 0.00000288. The highest BCUT2D eigenvalue weighted by Gasteiger charge is 2.29. The third-order valence-corrected chi connectivity index (χ3v) is 4.64. The number of carbonyl (C=O) groups excluding carboxylic acids is 1. The monoisotopic (exact) mass is 391 g/mol. The molecule has 7 heteroatoms. The van der Waals surface area contributed by atoms with Crippen molar-refractivity contribution < 1.29 is 9.53 Å². The summed E-state index contributed by atoms with van der Waals surface area (Å²) in [6, 6.07) is 7.66. The maximum atomic E-state index is 12.4. The van der Waals surface area contributed by atoms with Gasteiger partial charge in [0.15, 0.2) is 0 Å². The summed E-state index contributed by atoms with van der Waals surface area (Å²) in [4.78, 5) is 14.7. The minimum atomic E-state index is 0. The predicted molar refractivity (Wildman–Crippen MR) is 108 cm³/mol. The molecule has 1 saturated heterocycles. The lowest BCUT2D eigenvalue weighted by Gasteiger charge is -2.31. The van der Waals surface area contributed by atoms with E-state index in [1.807, 2.05) is 31.2 Å². The first kappa shape index (κ1) is 24.0. The second kappa shape index (κ2) is 12.4. The predicted octanol–water partition coefficient (Wildman–Crippen LogP) is 3.04. The Kier molecular flexibility index (Phi) is 11.9. The molecule has 0 radical (unpaired) electrons. The Bertz CT molecular complexity index is 509. The van der Waals surface area contributed by atoms with Crippen LogP contribution < -0.4 is 15.4 Å². The number of anilines is 1. The lowest BCUT2D eigenvalue weighted by molar-refractivity contribution is -0.121. The fraction of sp³-hybridized carbons (Fsp3) is 0.611. The van der Waals surface area contributed by atoms with Crippen LogP contribution >= 0.6 is 24.8 Å². The Morgan fingerprint density at radius 1 is 1.28 bits per heavy atom. The Hall–Kier alpha value is -1.01. The molecule has 0 spiro atoms. The molecular formula is C18H31Cl2N3O2. The highest BCUT2D eigenvalue weighted by Crippen LogP contribution is 2.25. The number of ether oxygens (including phenoxy) is 1. The van der Waals surface area contributed by atoms with Gasteiger partial charge in [-0.1, -0.05) is 32.9 Å². The SMILES string of the molecule is CCN(CC)CCOc1ccccc1NC(=O)C(C)C1CNC1.Cl.Cl. The molecular weight excluding hydrogens is 361 g/mol. The summed E-state index contributed by atoms with van der Waals surface area (Å²) in [7, 11) is 0. The molecule has 144 valence electrons. The summed E-state index contributed by atoms with van der Waals surface area (Å²) < 4.78 is 5.88. The van der Waals surface area contributed by atoms with Gasteiger partial charge in [0.05, 0.1) is 5.69 Å². The highest BCUT2D eigenvalue weighted by molar-refractivity contribution is 5.94. The zero-order valence-electron chi connectivity index (χ0n) is 15.3. The van der Waals surface area contributed by atoms with Crippen molar-refractivity contribution in [2.45, 2.75) is 20.8 Å². The molecule has 25 heavy (non-hydrogen) atoms. The number of hydrogen-bond acceptors (Lipinski definition) is 4. The molecule has 1 heterocycles. The number of nitrogens with zero attached hydrogens (tertiary/aromatic N) is 1. The number of nitrogens with one attached hydrogen (secondary N) is 2. The molecule has 1 aliphatic rings. The van der Waals surface area contributed by atoms with Crippen LogP contribution in [-0.4, -0.2) is 50.1 Å². The van der Waals surface area contributed by atoms with E-state index in [-0.39, 0.29) is 36.6 Å². The Labute approximate surface area is 163 Å². The fourth-order valence-corrected chi connectivity index (χ4v) is 2.65. The molecule has 1 atom stereocenters. The Morgan fingerprint density at radius 3 is 2.48 bits per heavy atom. The van der Waals surface area contributed by atoms with Crippen molar-refractivity contribution in [3.05, 3.63) is 24.3 Å². The quantitative estimate of drug-likeness (QED) is 0.678. The second-order valence-corrected chi connectivity index (χ2v) is 6.07. The number of halogens is 2. The largest absolute Gasteiger partial charge is 0.490 e. The van der Waals surface area contributed by atoms with E-state index in [4.69, 9.17) is 4.74 Å². The topological polar surface area (TPSA) is 53.6 Å². The lowest BCUT2D eigenvalue weighted by Crippen LogP contribution is -2.48. The lowest BCUT2D eigenvalue weighted by atomic mass is 9.88. The summed E-state index contributed by atoms with van der Waals surface area (Å²) in [5.74, 6) is 1.26. The Morgan fingerprint density at radius 2 is 1.92 bits per heavy atom. The van der Waals surface area contributed by atoms with Crippen LogP contribution in [-0.2, 0) is 4.79 Å². The highest BCUT2D eigenvalue weighted by atomic mass is 35.5. The van der Waals surface area contributed by atoms with Crippen molar-refractivity contribution >= 4 is 36.4 Å². The molecule has 0 aromatic heterocycles. The maximum absolute atomic E-state index is 12.4. The van der Waals surface area contributed by atoms with Gasteiger partial charge in [-0.2, -0.15) is 0 Å². The first-order valence-electron chi connectivity index (χ1n) is 8.61. The van der Waals surface area contributed by atoms with E-state index in [1.165, 1.54) is 0 Å². The van der Waals surface area contributed by atoms with Crippen LogP contribution in [0.15, 0.2) is 24.3 Å². The summed E-state index contributed by atoms with van der Waals surface area (Å²) in [5.41, 5.74) is 0.760. The molecule has 2 rings (SSSR count). The van der Waals surface area contributed by atoms with Crippen molar-refractivity contribution in [3.8, 4) is 5.75 Å².